The number of morpholine rings is 1. The van der Waals surface area contributed by atoms with Crippen LogP contribution in [0.4, 0.5) is 10.1 Å². The third kappa shape index (κ3) is 6.95. The highest BCUT2D eigenvalue weighted by atomic mass is 35.5. The van der Waals surface area contributed by atoms with Gasteiger partial charge in [0.2, 0.25) is 5.89 Å². The quantitative estimate of drug-likeness (QED) is 0.586. The number of aromatic nitrogens is 1. The zero-order valence-corrected chi connectivity index (χ0v) is 19.1. The molecule has 9 nitrogen and oxygen atoms in total. The van der Waals surface area contributed by atoms with E-state index in [2.05, 4.69) is 25.0 Å². The summed E-state index contributed by atoms with van der Waals surface area (Å²) >= 11 is 5.75. The predicted octanol–water partition coefficient (Wildman–Crippen LogP) is 1.53. The Bertz CT molecular complexity index is 931. The number of aliphatic hydroxyl groups is 1. The van der Waals surface area contributed by atoms with Gasteiger partial charge in [-0.05, 0) is 18.2 Å². The Morgan fingerprint density at radius 3 is 2.48 bits per heavy atom. The van der Waals surface area contributed by atoms with Gasteiger partial charge in [-0.25, -0.2) is 9.37 Å². The summed E-state index contributed by atoms with van der Waals surface area (Å²) in [6.45, 7) is 8.38. The second-order valence-corrected chi connectivity index (χ2v) is 8.76. The van der Waals surface area contributed by atoms with Gasteiger partial charge in [-0.15, -0.1) is 0 Å². The summed E-state index contributed by atoms with van der Waals surface area (Å²) in [5.74, 6) is -0.546. The molecule has 1 amide bonds. The van der Waals surface area contributed by atoms with Crippen molar-refractivity contribution in [3.05, 3.63) is 46.9 Å². The Morgan fingerprint density at radius 2 is 1.79 bits per heavy atom. The molecule has 0 aliphatic carbocycles. The number of nitrogens with zero attached hydrogens (tertiary/aromatic N) is 4. The van der Waals surface area contributed by atoms with Crippen molar-refractivity contribution >= 4 is 23.2 Å². The van der Waals surface area contributed by atoms with Crippen molar-refractivity contribution in [3.63, 3.8) is 0 Å². The standard InChI is InChI=1S/C22H29ClFN5O4/c23-18-11-16(1-2-19(18)24)25-22(31)20-15-33-21(26-20)14-28-5-3-27(4-6-28)12-17(30)13-29-7-9-32-10-8-29/h1-2,11,15,17,30H,3-10,12-14H2,(H,25,31). The van der Waals surface area contributed by atoms with Gasteiger partial charge in [-0.2, -0.15) is 0 Å². The second-order valence-electron chi connectivity index (χ2n) is 8.35. The number of nitrogens with one attached hydrogen (secondary N) is 1. The molecule has 1 atom stereocenters. The molecule has 1 aromatic carbocycles. The lowest BCUT2D eigenvalue weighted by atomic mass is 10.2. The average molecular weight is 482 g/mol. The van der Waals surface area contributed by atoms with E-state index in [0.717, 1.165) is 52.5 Å². The van der Waals surface area contributed by atoms with Crippen LogP contribution < -0.4 is 5.32 Å². The van der Waals surface area contributed by atoms with Gasteiger partial charge in [0, 0.05) is 58.0 Å². The van der Waals surface area contributed by atoms with Gasteiger partial charge in [-0.1, -0.05) is 11.6 Å². The Hall–Kier alpha value is -2.08. The fourth-order valence-corrected chi connectivity index (χ4v) is 4.20. The minimum atomic E-state index is -0.551. The molecule has 2 aliphatic rings. The molecule has 0 spiro atoms. The van der Waals surface area contributed by atoms with E-state index in [-0.39, 0.29) is 16.8 Å². The third-order valence-electron chi connectivity index (χ3n) is 5.83. The number of oxazole rings is 1. The summed E-state index contributed by atoms with van der Waals surface area (Å²) in [6, 6.07) is 3.96. The molecule has 0 radical (unpaired) electrons. The van der Waals surface area contributed by atoms with E-state index in [1.807, 2.05) is 0 Å². The Balaban J connectivity index is 1.20. The van der Waals surface area contributed by atoms with Gasteiger partial charge in [-0.3, -0.25) is 19.5 Å². The highest BCUT2D eigenvalue weighted by Crippen LogP contribution is 2.20. The Morgan fingerprint density at radius 1 is 1.12 bits per heavy atom. The molecule has 2 fully saturated rings. The van der Waals surface area contributed by atoms with Gasteiger partial charge >= 0.3 is 0 Å². The maximum atomic E-state index is 13.3. The molecule has 0 saturated carbocycles. The number of benzene rings is 1. The lowest BCUT2D eigenvalue weighted by molar-refractivity contribution is 0.00187. The van der Waals surface area contributed by atoms with Crippen LogP contribution in [0.2, 0.25) is 5.02 Å². The van der Waals surface area contributed by atoms with Crippen LogP contribution in [-0.4, -0.2) is 102 Å². The summed E-state index contributed by atoms with van der Waals surface area (Å²) in [6.07, 6.45) is 0.937. The van der Waals surface area contributed by atoms with Crippen LogP contribution in [0.5, 0.6) is 0 Å². The lowest BCUT2D eigenvalue weighted by Gasteiger charge is -2.36. The predicted molar refractivity (Wildman–Crippen MR) is 121 cm³/mol. The molecule has 2 aromatic rings. The molecule has 3 heterocycles. The smallest absolute Gasteiger partial charge is 0.277 e. The fourth-order valence-electron chi connectivity index (χ4n) is 4.02. The Kier molecular flexibility index (Phi) is 8.29. The van der Waals surface area contributed by atoms with Crippen molar-refractivity contribution in [2.24, 2.45) is 0 Å². The van der Waals surface area contributed by atoms with Crippen molar-refractivity contribution in [3.8, 4) is 0 Å². The molecule has 1 unspecified atom stereocenters. The number of hydrogen-bond acceptors (Lipinski definition) is 8. The topological polar surface area (TPSA) is 94.3 Å². The summed E-state index contributed by atoms with van der Waals surface area (Å²) in [4.78, 5) is 23.4. The van der Waals surface area contributed by atoms with Gasteiger partial charge in [0.25, 0.3) is 5.91 Å². The first-order valence-corrected chi connectivity index (χ1v) is 11.5. The van der Waals surface area contributed by atoms with Crippen LogP contribution in [0.3, 0.4) is 0 Å². The van der Waals surface area contributed by atoms with Gasteiger partial charge in [0.05, 0.1) is 30.9 Å². The number of halogens is 2. The van der Waals surface area contributed by atoms with Gasteiger partial charge in [0.15, 0.2) is 5.69 Å². The average Bonchev–Trinajstić information content (AvgIpc) is 3.27. The van der Waals surface area contributed by atoms with E-state index in [1.165, 1.54) is 24.5 Å². The molecule has 180 valence electrons. The van der Waals surface area contributed by atoms with Gasteiger partial charge < -0.3 is 19.6 Å². The monoisotopic (exact) mass is 481 g/mol. The van der Waals surface area contributed by atoms with Crippen molar-refractivity contribution < 1.29 is 23.4 Å². The molecular formula is C22H29ClFN5O4. The van der Waals surface area contributed by atoms with E-state index in [4.69, 9.17) is 20.8 Å². The lowest BCUT2D eigenvalue weighted by Crippen LogP contribution is -2.50. The first kappa shape index (κ1) is 24.1. The first-order chi connectivity index (χ1) is 16.0. The van der Waals surface area contributed by atoms with Crippen molar-refractivity contribution in [2.45, 2.75) is 12.6 Å². The number of ether oxygens (including phenoxy) is 1. The number of carbonyl (C=O) groups excluding carboxylic acids is 1. The normalized spacial score (nSPS) is 19.5. The molecule has 2 saturated heterocycles. The van der Waals surface area contributed by atoms with Crippen molar-refractivity contribution in [1.82, 2.24) is 19.7 Å². The molecule has 2 aliphatic heterocycles. The minimum absolute atomic E-state index is 0.0682. The second kappa shape index (κ2) is 11.4. The summed E-state index contributed by atoms with van der Waals surface area (Å²) < 4.78 is 24.1. The van der Waals surface area contributed by atoms with Crippen LogP contribution in [0, 0.1) is 5.82 Å². The van der Waals surface area contributed by atoms with E-state index >= 15 is 0 Å². The zero-order chi connectivity index (χ0) is 23.2. The number of hydrogen-bond donors (Lipinski definition) is 2. The first-order valence-electron chi connectivity index (χ1n) is 11.1. The van der Waals surface area contributed by atoms with Crippen LogP contribution in [0.1, 0.15) is 16.4 Å². The van der Waals surface area contributed by atoms with Crippen molar-refractivity contribution in [1.29, 1.82) is 0 Å². The number of piperazine rings is 1. The van der Waals surface area contributed by atoms with Gasteiger partial charge in [0.1, 0.15) is 12.1 Å². The highest BCUT2D eigenvalue weighted by molar-refractivity contribution is 6.31. The minimum Gasteiger partial charge on any atom is -0.447 e. The maximum Gasteiger partial charge on any atom is 0.277 e. The molecule has 2 N–H and O–H groups in total. The summed E-state index contributed by atoms with van der Waals surface area (Å²) in [7, 11) is 0. The Labute approximate surface area is 197 Å². The number of aliphatic hydroxyl groups excluding tert-OH is 1. The number of amides is 1. The van der Waals surface area contributed by atoms with Crippen LogP contribution >= 0.6 is 11.6 Å². The number of β-amino-alcohol motifs (C(OH)–C–C–N with tert-alkyl or cyclic N) is 1. The maximum absolute atomic E-state index is 13.3. The zero-order valence-electron chi connectivity index (χ0n) is 18.4. The van der Waals surface area contributed by atoms with Crippen LogP contribution in [0.25, 0.3) is 0 Å². The number of anilines is 1. The number of rotatable bonds is 8. The van der Waals surface area contributed by atoms with E-state index in [0.29, 0.717) is 31.2 Å². The van der Waals surface area contributed by atoms with E-state index in [1.54, 1.807) is 0 Å². The molecule has 11 heteroatoms. The third-order valence-corrected chi connectivity index (χ3v) is 6.12. The SMILES string of the molecule is O=C(Nc1ccc(F)c(Cl)c1)c1coc(CN2CCN(CC(O)CN3CCOCC3)CC2)n1. The molecule has 0 bridgehead atoms. The molecule has 33 heavy (non-hydrogen) atoms. The largest absolute Gasteiger partial charge is 0.447 e. The van der Waals surface area contributed by atoms with Crippen LogP contribution in [0.15, 0.2) is 28.9 Å². The molecular weight excluding hydrogens is 453 g/mol. The highest BCUT2D eigenvalue weighted by Gasteiger charge is 2.23. The van der Waals surface area contributed by atoms with E-state index < -0.39 is 11.7 Å². The van der Waals surface area contributed by atoms with Crippen molar-refractivity contribution in [2.75, 3.05) is 70.9 Å². The molecule has 1 aromatic heterocycles. The van der Waals surface area contributed by atoms with Crippen LogP contribution in [-0.2, 0) is 11.3 Å². The fraction of sp³-hybridized carbons (Fsp3) is 0.545. The summed E-state index contributed by atoms with van der Waals surface area (Å²) in [5.41, 5.74) is 0.526. The van der Waals surface area contributed by atoms with E-state index in [9.17, 15) is 14.3 Å². The summed E-state index contributed by atoms with van der Waals surface area (Å²) in [5, 5.41) is 13.0. The molecule has 4 rings (SSSR count). The number of carbonyl (C=O) groups is 1.